The molecule has 2 aliphatic rings. The molecule has 1 aromatic rings. The molecule has 5 nitrogen and oxygen atoms in total. The van der Waals surface area contributed by atoms with E-state index in [1.807, 2.05) is 11.9 Å². The van der Waals surface area contributed by atoms with E-state index in [9.17, 15) is 9.59 Å². The summed E-state index contributed by atoms with van der Waals surface area (Å²) in [6.07, 6.45) is 1.16. The summed E-state index contributed by atoms with van der Waals surface area (Å²) >= 11 is 0. The standard InChI is InChI=1S/C19H27N3O2/c1-14-5-4-6-17(15(14)2)21-9-11-22(12-10-21)19(24)16-7-8-20(3)18(23)13-16/h4-6,16H,7-13H2,1-3H3/t16-/m1/s1. The van der Waals surface area contributed by atoms with Crippen molar-refractivity contribution in [3.63, 3.8) is 0 Å². The van der Waals surface area contributed by atoms with Gasteiger partial charge in [0.05, 0.1) is 0 Å². The Labute approximate surface area is 144 Å². The first-order valence-electron chi connectivity index (χ1n) is 8.81. The van der Waals surface area contributed by atoms with Crippen molar-refractivity contribution < 1.29 is 9.59 Å². The second-order valence-electron chi connectivity index (χ2n) is 7.04. The predicted octanol–water partition coefficient (Wildman–Crippen LogP) is 1.82. The molecule has 2 heterocycles. The van der Waals surface area contributed by atoms with Crippen LogP contribution in [0.1, 0.15) is 24.0 Å². The highest BCUT2D eigenvalue weighted by molar-refractivity contribution is 5.87. The van der Waals surface area contributed by atoms with E-state index in [0.717, 1.165) is 32.6 Å². The third-order valence-corrected chi connectivity index (χ3v) is 5.52. The van der Waals surface area contributed by atoms with Crippen LogP contribution in [0.25, 0.3) is 0 Å². The highest BCUT2D eigenvalue weighted by atomic mass is 16.2. The summed E-state index contributed by atoms with van der Waals surface area (Å²) < 4.78 is 0. The van der Waals surface area contributed by atoms with E-state index in [-0.39, 0.29) is 17.7 Å². The van der Waals surface area contributed by atoms with Crippen LogP contribution in [-0.2, 0) is 9.59 Å². The van der Waals surface area contributed by atoms with E-state index in [4.69, 9.17) is 0 Å². The largest absolute Gasteiger partial charge is 0.368 e. The minimum absolute atomic E-state index is 0.0913. The molecule has 1 atom stereocenters. The van der Waals surface area contributed by atoms with Gasteiger partial charge in [-0.05, 0) is 37.5 Å². The van der Waals surface area contributed by atoms with Crippen LogP contribution in [0, 0.1) is 19.8 Å². The Kier molecular flexibility index (Phi) is 4.78. The maximum absolute atomic E-state index is 12.7. The quantitative estimate of drug-likeness (QED) is 0.831. The Bertz CT molecular complexity index is 635. The zero-order valence-corrected chi connectivity index (χ0v) is 14.9. The van der Waals surface area contributed by atoms with Crippen molar-refractivity contribution in [2.75, 3.05) is 44.7 Å². The molecule has 2 aliphatic heterocycles. The maximum Gasteiger partial charge on any atom is 0.226 e. The van der Waals surface area contributed by atoms with Crippen LogP contribution in [-0.4, -0.2) is 61.4 Å². The summed E-state index contributed by atoms with van der Waals surface area (Å²) in [5, 5.41) is 0. The van der Waals surface area contributed by atoms with Gasteiger partial charge in [-0.2, -0.15) is 0 Å². The highest BCUT2D eigenvalue weighted by Gasteiger charge is 2.33. The maximum atomic E-state index is 12.7. The minimum Gasteiger partial charge on any atom is -0.368 e. The minimum atomic E-state index is -0.124. The molecule has 0 aliphatic carbocycles. The fourth-order valence-corrected chi connectivity index (χ4v) is 3.66. The molecule has 24 heavy (non-hydrogen) atoms. The molecule has 0 bridgehead atoms. The summed E-state index contributed by atoms with van der Waals surface area (Å²) in [7, 11) is 1.81. The summed E-state index contributed by atoms with van der Waals surface area (Å²) in [4.78, 5) is 30.6. The first-order chi connectivity index (χ1) is 11.5. The van der Waals surface area contributed by atoms with Gasteiger partial charge in [0.15, 0.2) is 0 Å². The molecule has 130 valence electrons. The van der Waals surface area contributed by atoms with Crippen molar-refractivity contribution in [2.24, 2.45) is 5.92 Å². The first-order valence-corrected chi connectivity index (χ1v) is 8.81. The number of amides is 2. The lowest BCUT2D eigenvalue weighted by Crippen LogP contribution is -2.52. The molecule has 0 saturated carbocycles. The summed E-state index contributed by atoms with van der Waals surface area (Å²) in [5.41, 5.74) is 3.89. The van der Waals surface area contributed by atoms with Crippen molar-refractivity contribution in [3.05, 3.63) is 29.3 Å². The van der Waals surface area contributed by atoms with Crippen LogP contribution in [0.4, 0.5) is 5.69 Å². The number of hydrogen-bond donors (Lipinski definition) is 0. The third kappa shape index (κ3) is 3.25. The number of piperidine rings is 1. The lowest BCUT2D eigenvalue weighted by molar-refractivity contribution is -0.144. The molecule has 3 rings (SSSR count). The Morgan fingerprint density at radius 3 is 2.46 bits per heavy atom. The Hall–Kier alpha value is -2.04. The fraction of sp³-hybridized carbons (Fsp3) is 0.579. The van der Waals surface area contributed by atoms with Gasteiger partial charge in [0.1, 0.15) is 0 Å². The topological polar surface area (TPSA) is 43.9 Å². The molecule has 0 N–H and O–H groups in total. The summed E-state index contributed by atoms with van der Waals surface area (Å²) in [6.45, 7) is 8.19. The lowest BCUT2D eigenvalue weighted by atomic mass is 9.94. The smallest absolute Gasteiger partial charge is 0.226 e. The van der Waals surface area contributed by atoms with Gasteiger partial charge in [-0.25, -0.2) is 0 Å². The van der Waals surface area contributed by atoms with Crippen molar-refractivity contribution >= 4 is 17.5 Å². The fourth-order valence-electron chi connectivity index (χ4n) is 3.66. The van der Waals surface area contributed by atoms with Crippen LogP contribution in [0.15, 0.2) is 18.2 Å². The van der Waals surface area contributed by atoms with Gasteiger partial charge >= 0.3 is 0 Å². The monoisotopic (exact) mass is 329 g/mol. The van der Waals surface area contributed by atoms with Crippen molar-refractivity contribution in [2.45, 2.75) is 26.7 Å². The molecule has 0 radical (unpaired) electrons. The Morgan fingerprint density at radius 2 is 1.79 bits per heavy atom. The van der Waals surface area contributed by atoms with Crippen LogP contribution < -0.4 is 4.90 Å². The molecule has 2 saturated heterocycles. The number of likely N-dealkylation sites (tertiary alicyclic amines) is 1. The average Bonchev–Trinajstić information content (AvgIpc) is 2.59. The number of benzene rings is 1. The molecule has 2 fully saturated rings. The van der Waals surface area contributed by atoms with Crippen molar-refractivity contribution in [3.8, 4) is 0 Å². The average molecular weight is 329 g/mol. The Morgan fingerprint density at radius 1 is 1.08 bits per heavy atom. The molecule has 0 unspecified atom stereocenters. The third-order valence-electron chi connectivity index (χ3n) is 5.52. The van der Waals surface area contributed by atoms with Gasteiger partial charge in [0.2, 0.25) is 11.8 Å². The number of aryl methyl sites for hydroxylation is 1. The molecule has 1 aromatic carbocycles. The van der Waals surface area contributed by atoms with Gasteiger partial charge in [0, 0.05) is 57.8 Å². The predicted molar refractivity (Wildman–Crippen MR) is 95.1 cm³/mol. The van der Waals surface area contributed by atoms with E-state index >= 15 is 0 Å². The number of piperazine rings is 1. The van der Waals surface area contributed by atoms with E-state index in [2.05, 4.69) is 36.9 Å². The number of anilines is 1. The number of hydrogen-bond acceptors (Lipinski definition) is 3. The Balaban J connectivity index is 1.60. The van der Waals surface area contributed by atoms with Crippen LogP contribution >= 0.6 is 0 Å². The summed E-state index contributed by atoms with van der Waals surface area (Å²) in [6, 6.07) is 6.39. The molecule has 0 aromatic heterocycles. The first kappa shape index (κ1) is 16.8. The normalized spacial score (nSPS) is 22.0. The summed E-state index contributed by atoms with van der Waals surface area (Å²) in [5.74, 6) is 0.131. The number of nitrogens with zero attached hydrogens (tertiary/aromatic N) is 3. The zero-order chi connectivity index (χ0) is 17.3. The van der Waals surface area contributed by atoms with Crippen LogP contribution in [0.5, 0.6) is 0 Å². The molecule has 0 spiro atoms. The SMILES string of the molecule is Cc1cccc(N2CCN(C(=O)[C@@H]3CCN(C)C(=O)C3)CC2)c1C. The number of carbonyl (C=O) groups excluding carboxylic acids is 2. The van der Waals surface area contributed by atoms with E-state index in [1.54, 1.807) is 4.90 Å². The van der Waals surface area contributed by atoms with Gasteiger partial charge in [0.25, 0.3) is 0 Å². The zero-order valence-electron chi connectivity index (χ0n) is 14.9. The number of carbonyl (C=O) groups is 2. The van der Waals surface area contributed by atoms with Gasteiger partial charge < -0.3 is 14.7 Å². The van der Waals surface area contributed by atoms with Gasteiger partial charge in [-0.1, -0.05) is 12.1 Å². The van der Waals surface area contributed by atoms with Crippen LogP contribution in [0.3, 0.4) is 0 Å². The number of rotatable bonds is 2. The van der Waals surface area contributed by atoms with Crippen molar-refractivity contribution in [1.29, 1.82) is 0 Å². The highest BCUT2D eigenvalue weighted by Crippen LogP contribution is 2.25. The molecule has 2 amide bonds. The molecule has 5 heteroatoms. The second kappa shape index (κ2) is 6.83. The van der Waals surface area contributed by atoms with E-state index in [0.29, 0.717) is 13.0 Å². The van der Waals surface area contributed by atoms with Gasteiger partial charge in [-0.15, -0.1) is 0 Å². The van der Waals surface area contributed by atoms with E-state index < -0.39 is 0 Å². The second-order valence-corrected chi connectivity index (χ2v) is 7.04. The van der Waals surface area contributed by atoms with Gasteiger partial charge in [-0.3, -0.25) is 9.59 Å². The van der Waals surface area contributed by atoms with E-state index in [1.165, 1.54) is 16.8 Å². The van der Waals surface area contributed by atoms with Crippen LogP contribution in [0.2, 0.25) is 0 Å². The molecular weight excluding hydrogens is 302 g/mol. The lowest BCUT2D eigenvalue weighted by Gasteiger charge is -2.39. The molecular formula is C19H27N3O2. The van der Waals surface area contributed by atoms with Crippen molar-refractivity contribution in [1.82, 2.24) is 9.80 Å².